The summed E-state index contributed by atoms with van der Waals surface area (Å²) < 4.78 is 24.8. The summed E-state index contributed by atoms with van der Waals surface area (Å²) in [6.07, 6.45) is -0.853. The van der Waals surface area contributed by atoms with Gasteiger partial charge in [-0.3, -0.25) is 4.90 Å². The average molecular weight is 397 g/mol. The van der Waals surface area contributed by atoms with Crippen LogP contribution in [0.25, 0.3) is 0 Å². The van der Waals surface area contributed by atoms with Crippen molar-refractivity contribution in [1.29, 1.82) is 0 Å². The molecule has 1 unspecified atom stereocenters. The molecule has 1 atom stereocenters. The van der Waals surface area contributed by atoms with Crippen LogP contribution < -0.4 is 15.1 Å². The quantitative estimate of drug-likeness (QED) is 0.624. The molecule has 2 saturated heterocycles. The standard InChI is InChI=1S/C17H22FN3O3SSi/c1-23-16(25)19-10-13-11-21(17(22)24-13)12-3-4-15(14(18)9-12)20-5-7-26(2)8-6-20/h3-4,9,13H,5-8,10-11H2,1-2H3/p+1. The van der Waals surface area contributed by atoms with E-state index in [2.05, 4.69) is 16.8 Å². The van der Waals surface area contributed by atoms with Crippen LogP contribution in [-0.2, 0) is 9.47 Å². The number of cyclic esters (lactones) is 1. The average Bonchev–Trinajstić information content (AvgIpc) is 3.01. The fourth-order valence-electron chi connectivity index (χ4n) is 3.16. The molecule has 2 fully saturated rings. The SMILES string of the molecule is COC(=S)NCC1CN(c2ccc(N3CC[Si+](C)CC3)c(F)c2)C(=O)O1. The molecule has 0 aliphatic carbocycles. The number of amides is 1. The third-order valence-corrected chi connectivity index (χ3v) is 7.20. The monoisotopic (exact) mass is 396 g/mol. The second kappa shape index (κ2) is 8.21. The van der Waals surface area contributed by atoms with Crippen molar-refractivity contribution in [3.63, 3.8) is 0 Å². The molecule has 1 aromatic carbocycles. The molecule has 2 aliphatic heterocycles. The van der Waals surface area contributed by atoms with E-state index in [1.165, 1.54) is 30.2 Å². The van der Waals surface area contributed by atoms with Crippen LogP contribution >= 0.6 is 12.2 Å². The van der Waals surface area contributed by atoms with E-state index in [4.69, 9.17) is 21.7 Å². The molecule has 9 heteroatoms. The van der Waals surface area contributed by atoms with Crippen molar-refractivity contribution in [2.75, 3.05) is 43.1 Å². The number of rotatable bonds is 4. The van der Waals surface area contributed by atoms with Gasteiger partial charge in [-0.15, -0.1) is 0 Å². The lowest BCUT2D eigenvalue weighted by atomic mass is 10.2. The molecule has 0 bridgehead atoms. The zero-order chi connectivity index (χ0) is 18.7. The Bertz CT molecular complexity index is 685. The predicted molar refractivity (Wildman–Crippen MR) is 105 cm³/mol. The van der Waals surface area contributed by atoms with E-state index in [0.29, 0.717) is 24.5 Å². The first-order valence-electron chi connectivity index (χ1n) is 8.63. The first-order chi connectivity index (χ1) is 12.5. The molecule has 1 aromatic rings. The predicted octanol–water partition coefficient (Wildman–Crippen LogP) is 2.62. The summed E-state index contributed by atoms with van der Waals surface area (Å²) in [5, 5.41) is 3.10. The molecule has 140 valence electrons. The number of hydrogen-bond donors (Lipinski definition) is 1. The summed E-state index contributed by atoms with van der Waals surface area (Å²) in [7, 11) is 1.22. The topological polar surface area (TPSA) is 54.0 Å². The van der Waals surface area contributed by atoms with Gasteiger partial charge in [0.15, 0.2) is 0 Å². The van der Waals surface area contributed by atoms with Gasteiger partial charge in [-0.05, 0) is 30.4 Å². The molecule has 2 aliphatic rings. The van der Waals surface area contributed by atoms with Crippen molar-refractivity contribution >= 4 is 43.7 Å². The summed E-state index contributed by atoms with van der Waals surface area (Å²) in [4.78, 5) is 15.7. The van der Waals surface area contributed by atoms with E-state index in [1.807, 2.05) is 0 Å². The van der Waals surface area contributed by atoms with Crippen molar-refractivity contribution in [2.45, 2.75) is 24.7 Å². The summed E-state index contributed by atoms with van der Waals surface area (Å²) in [6.45, 7) is 4.82. The van der Waals surface area contributed by atoms with E-state index in [-0.39, 0.29) is 25.9 Å². The Labute approximate surface area is 159 Å². The number of benzene rings is 1. The minimum Gasteiger partial charge on any atom is -0.474 e. The number of carbonyl (C=O) groups is 1. The smallest absolute Gasteiger partial charge is 0.414 e. The maximum atomic E-state index is 14.7. The lowest BCUT2D eigenvalue weighted by molar-refractivity contribution is 0.142. The fraction of sp³-hybridized carbons (Fsp3) is 0.529. The third kappa shape index (κ3) is 4.26. The number of halogens is 1. The third-order valence-electron chi connectivity index (χ3n) is 4.73. The highest BCUT2D eigenvalue weighted by Gasteiger charge is 2.33. The molecule has 1 N–H and O–H groups in total. The second-order valence-corrected chi connectivity index (χ2v) is 9.85. The minimum atomic E-state index is -0.483. The normalized spacial score (nSPS) is 20.2. The van der Waals surface area contributed by atoms with Gasteiger partial charge in [0.25, 0.3) is 5.17 Å². The highest BCUT2D eigenvalue weighted by molar-refractivity contribution is 7.80. The number of carbonyl (C=O) groups excluding carboxylic acids is 1. The number of methoxy groups -OCH3 is 1. The number of hydrogen-bond acceptors (Lipinski definition) is 5. The van der Waals surface area contributed by atoms with E-state index in [0.717, 1.165) is 13.1 Å². The fourth-order valence-corrected chi connectivity index (χ4v) is 4.79. The molecular weight excluding hydrogens is 373 g/mol. The molecule has 3 rings (SSSR count). The van der Waals surface area contributed by atoms with Gasteiger partial charge >= 0.3 is 14.9 Å². The van der Waals surface area contributed by atoms with Crippen LogP contribution in [0.2, 0.25) is 18.6 Å². The van der Waals surface area contributed by atoms with Crippen LogP contribution in [0.15, 0.2) is 18.2 Å². The first-order valence-corrected chi connectivity index (χ1v) is 11.5. The number of anilines is 2. The lowest BCUT2D eigenvalue weighted by Gasteiger charge is -2.27. The number of thiocarbonyl (C=S) groups is 1. The van der Waals surface area contributed by atoms with E-state index < -0.39 is 6.09 Å². The molecule has 1 amide bonds. The number of nitrogens with zero attached hydrogens (tertiary/aromatic N) is 2. The zero-order valence-electron chi connectivity index (χ0n) is 15.0. The molecule has 6 nitrogen and oxygen atoms in total. The largest absolute Gasteiger partial charge is 0.474 e. The Balaban J connectivity index is 1.65. The first kappa shape index (κ1) is 18.9. The van der Waals surface area contributed by atoms with Crippen LogP contribution in [0.5, 0.6) is 0 Å². The van der Waals surface area contributed by atoms with Crippen LogP contribution in [-0.4, -0.2) is 59.5 Å². The van der Waals surface area contributed by atoms with Gasteiger partial charge in [0.2, 0.25) is 0 Å². The summed E-state index contributed by atoms with van der Waals surface area (Å²) in [5.41, 5.74) is 1.12. The highest BCUT2D eigenvalue weighted by atomic mass is 32.1. The Hall–Kier alpha value is -1.87. The van der Waals surface area contributed by atoms with Crippen LogP contribution in [0, 0.1) is 5.82 Å². The van der Waals surface area contributed by atoms with Crippen molar-refractivity contribution in [2.24, 2.45) is 0 Å². The second-order valence-electron chi connectivity index (χ2n) is 6.57. The van der Waals surface area contributed by atoms with Gasteiger partial charge in [0.1, 0.15) is 11.9 Å². The Morgan fingerprint density at radius 2 is 2.19 bits per heavy atom. The molecule has 0 radical (unpaired) electrons. The van der Waals surface area contributed by atoms with Gasteiger partial charge in [0, 0.05) is 13.1 Å². The molecule has 0 saturated carbocycles. The maximum absolute atomic E-state index is 14.7. The Morgan fingerprint density at radius 3 is 2.85 bits per heavy atom. The number of nitrogens with one attached hydrogen (secondary N) is 1. The number of ether oxygens (including phenoxy) is 2. The van der Waals surface area contributed by atoms with E-state index in [1.54, 1.807) is 12.1 Å². The van der Waals surface area contributed by atoms with Gasteiger partial charge in [-0.25, -0.2) is 9.18 Å². The molecule has 0 spiro atoms. The van der Waals surface area contributed by atoms with Gasteiger partial charge in [-0.1, -0.05) is 0 Å². The highest BCUT2D eigenvalue weighted by Crippen LogP contribution is 2.29. The van der Waals surface area contributed by atoms with Gasteiger partial charge in [-0.2, -0.15) is 0 Å². The van der Waals surface area contributed by atoms with Gasteiger partial charge < -0.3 is 19.7 Å². The van der Waals surface area contributed by atoms with Crippen LogP contribution in [0.3, 0.4) is 0 Å². The molecular formula is C17H23FN3O3SSi+. The Kier molecular flexibility index (Phi) is 5.97. The molecule has 0 aromatic heterocycles. The summed E-state index contributed by atoms with van der Waals surface area (Å²) >= 11 is 4.90. The minimum absolute atomic E-state index is 0.244. The van der Waals surface area contributed by atoms with Gasteiger partial charge in [0.05, 0.1) is 50.2 Å². The lowest BCUT2D eigenvalue weighted by Crippen LogP contribution is -2.36. The molecule has 2 heterocycles. The molecule has 26 heavy (non-hydrogen) atoms. The summed E-state index contributed by atoms with van der Waals surface area (Å²) in [6, 6.07) is 7.29. The maximum Gasteiger partial charge on any atom is 0.414 e. The summed E-state index contributed by atoms with van der Waals surface area (Å²) in [5.74, 6) is -0.302. The van der Waals surface area contributed by atoms with Crippen molar-refractivity contribution in [3.8, 4) is 0 Å². The van der Waals surface area contributed by atoms with Crippen molar-refractivity contribution in [1.82, 2.24) is 5.32 Å². The van der Waals surface area contributed by atoms with Crippen molar-refractivity contribution < 1.29 is 18.7 Å². The van der Waals surface area contributed by atoms with E-state index >= 15 is 0 Å². The van der Waals surface area contributed by atoms with E-state index in [9.17, 15) is 9.18 Å². The Morgan fingerprint density at radius 1 is 1.46 bits per heavy atom. The van der Waals surface area contributed by atoms with Crippen LogP contribution in [0.1, 0.15) is 0 Å². The van der Waals surface area contributed by atoms with Crippen LogP contribution in [0.4, 0.5) is 20.6 Å². The van der Waals surface area contributed by atoms with Crippen molar-refractivity contribution in [3.05, 3.63) is 24.0 Å². The zero-order valence-corrected chi connectivity index (χ0v) is 16.8.